The number of carbonyl (C=O) groups excluding carboxylic acids is 1. The summed E-state index contributed by atoms with van der Waals surface area (Å²) in [6, 6.07) is 16.4. The number of amides is 1. The Kier molecular flexibility index (Phi) is 6.40. The number of benzene rings is 2. The number of hydrogen-bond donors (Lipinski definition) is 1. The van der Waals surface area contributed by atoms with E-state index < -0.39 is 0 Å². The molecule has 1 aromatic heterocycles. The van der Waals surface area contributed by atoms with Crippen molar-refractivity contribution in [2.24, 2.45) is 0 Å². The first-order valence-electron chi connectivity index (χ1n) is 9.84. The maximum absolute atomic E-state index is 12.8. The lowest BCUT2D eigenvalue weighted by molar-refractivity contribution is -0.115. The van der Waals surface area contributed by atoms with Crippen LogP contribution in [0.1, 0.15) is 49.8 Å². The molecule has 0 aliphatic heterocycles. The normalized spacial score (nSPS) is 13.3. The molecule has 0 aliphatic carbocycles. The van der Waals surface area contributed by atoms with E-state index in [1.54, 1.807) is 0 Å². The van der Waals surface area contributed by atoms with E-state index in [0.717, 1.165) is 28.2 Å². The molecule has 0 saturated heterocycles. The highest BCUT2D eigenvalue weighted by atomic mass is 32.2. The number of fused-ring (bicyclic) bond motifs is 1. The van der Waals surface area contributed by atoms with Gasteiger partial charge in [-0.1, -0.05) is 62.0 Å². The average Bonchev–Trinajstić information content (AvgIpc) is 2.68. The smallest absolute Gasteiger partial charge is 0.237 e. The van der Waals surface area contributed by atoms with Crippen molar-refractivity contribution in [2.45, 2.75) is 57.2 Å². The number of aryl methyl sites for hydroxylation is 2. The number of carbonyl (C=O) groups is 1. The van der Waals surface area contributed by atoms with E-state index in [9.17, 15) is 4.79 Å². The summed E-state index contributed by atoms with van der Waals surface area (Å²) < 4.78 is 0. The van der Waals surface area contributed by atoms with Gasteiger partial charge in [-0.2, -0.15) is 0 Å². The molecule has 0 unspecified atom stereocenters. The maximum atomic E-state index is 12.8. The standard InChI is InChI=1S/C24H28N2OS/c1-6-15(2)19-11-7-8-13-21(19)25-24(27)18(5)28-22-14-17(4)20-12-9-10-16(3)23(20)26-22/h7-15,18H,6H2,1-5H3,(H,25,27)/t15-,18+/m0/s1. The second kappa shape index (κ2) is 8.78. The van der Waals surface area contributed by atoms with E-state index in [0.29, 0.717) is 5.92 Å². The summed E-state index contributed by atoms with van der Waals surface area (Å²) in [5.74, 6) is 0.414. The second-order valence-electron chi connectivity index (χ2n) is 7.39. The number of aromatic nitrogens is 1. The van der Waals surface area contributed by atoms with Crippen molar-refractivity contribution >= 4 is 34.3 Å². The summed E-state index contributed by atoms with van der Waals surface area (Å²) in [7, 11) is 0. The predicted octanol–water partition coefficient (Wildman–Crippen LogP) is 6.48. The highest BCUT2D eigenvalue weighted by molar-refractivity contribution is 8.00. The zero-order valence-electron chi connectivity index (χ0n) is 17.2. The summed E-state index contributed by atoms with van der Waals surface area (Å²) in [4.78, 5) is 17.6. The van der Waals surface area contributed by atoms with E-state index >= 15 is 0 Å². The molecule has 146 valence electrons. The van der Waals surface area contributed by atoms with Gasteiger partial charge in [-0.15, -0.1) is 0 Å². The Bertz CT molecular complexity index is 999. The van der Waals surface area contributed by atoms with E-state index in [-0.39, 0.29) is 11.2 Å². The van der Waals surface area contributed by atoms with Crippen LogP contribution in [0.2, 0.25) is 0 Å². The van der Waals surface area contributed by atoms with Crippen LogP contribution >= 0.6 is 11.8 Å². The van der Waals surface area contributed by atoms with Gasteiger partial charge in [0.05, 0.1) is 15.8 Å². The number of para-hydroxylation sites is 2. The largest absolute Gasteiger partial charge is 0.325 e. The van der Waals surface area contributed by atoms with Crippen LogP contribution in [0.4, 0.5) is 5.69 Å². The molecule has 3 aromatic rings. The minimum atomic E-state index is -0.238. The molecular formula is C24H28N2OS. The SMILES string of the molecule is CC[C@H](C)c1ccccc1NC(=O)[C@@H](C)Sc1cc(C)c2cccc(C)c2n1. The molecule has 0 spiro atoms. The van der Waals surface area contributed by atoms with Gasteiger partial charge < -0.3 is 5.32 Å². The molecule has 0 aliphatic rings. The summed E-state index contributed by atoms with van der Waals surface area (Å²) >= 11 is 1.51. The van der Waals surface area contributed by atoms with Crippen molar-refractivity contribution in [3.8, 4) is 0 Å². The predicted molar refractivity (Wildman–Crippen MR) is 120 cm³/mol. The van der Waals surface area contributed by atoms with Crippen molar-refractivity contribution < 1.29 is 4.79 Å². The topological polar surface area (TPSA) is 42.0 Å². The second-order valence-corrected chi connectivity index (χ2v) is 8.76. The lowest BCUT2D eigenvalue weighted by Crippen LogP contribution is -2.23. The number of nitrogens with zero attached hydrogens (tertiary/aromatic N) is 1. The first-order chi connectivity index (χ1) is 13.4. The summed E-state index contributed by atoms with van der Waals surface area (Å²) in [6.07, 6.45) is 1.04. The minimum absolute atomic E-state index is 0.00471. The van der Waals surface area contributed by atoms with Crippen molar-refractivity contribution in [1.29, 1.82) is 0 Å². The molecule has 0 radical (unpaired) electrons. The van der Waals surface area contributed by atoms with Crippen LogP contribution in [0.15, 0.2) is 53.6 Å². The van der Waals surface area contributed by atoms with E-state index in [4.69, 9.17) is 4.98 Å². The molecule has 0 fully saturated rings. The molecule has 1 heterocycles. The van der Waals surface area contributed by atoms with Crippen molar-refractivity contribution in [3.63, 3.8) is 0 Å². The quantitative estimate of drug-likeness (QED) is 0.488. The molecule has 1 N–H and O–H groups in total. The molecule has 3 rings (SSSR count). The lowest BCUT2D eigenvalue weighted by atomic mass is 9.97. The molecule has 2 aromatic carbocycles. The van der Waals surface area contributed by atoms with Crippen molar-refractivity contribution in [2.75, 3.05) is 5.32 Å². The average molecular weight is 393 g/mol. The minimum Gasteiger partial charge on any atom is -0.325 e. The van der Waals surface area contributed by atoms with E-state index in [2.05, 4.69) is 63.3 Å². The fourth-order valence-electron chi connectivity index (χ4n) is 3.32. The first-order valence-corrected chi connectivity index (χ1v) is 10.7. The number of rotatable bonds is 6. The van der Waals surface area contributed by atoms with Gasteiger partial charge in [0.2, 0.25) is 5.91 Å². The molecular weight excluding hydrogens is 364 g/mol. The molecule has 3 nitrogen and oxygen atoms in total. The van der Waals surface area contributed by atoms with Gasteiger partial charge in [-0.3, -0.25) is 4.79 Å². The van der Waals surface area contributed by atoms with Crippen LogP contribution in [0.5, 0.6) is 0 Å². The fourth-order valence-corrected chi connectivity index (χ4v) is 4.24. The lowest BCUT2D eigenvalue weighted by Gasteiger charge is -2.18. The maximum Gasteiger partial charge on any atom is 0.237 e. The molecule has 0 bridgehead atoms. The van der Waals surface area contributed by atoms with Gasteiger partial charge in [-0.25, -0.2) is 4.98 Å². The van der Waals surface area contributed by atoms with Gasteiger partial charge in [0.25, 0.3) is 0 Å². The molecule has 4 heteroatoms. The van der Waals surface area contributed by atoms with E-state index in [1.165, 1.54) is 28.3 Å². The highest BCUT2D eigenvalue weighted by Gasteiger charge is 2.18. The fraction of sp³-hybridized carbons (Fsp3) is 0.333. The van der Waals surface area contributed by atoms with Crippen LogP contribution in [-0.4, -0.2) is 16.1 Å². The zero-order valence-corrected chi connectivity index (χ0v) is 18.1. The zero-order chi connectivity index (χ0) is 20.3. The van der Waals surface area contributed by atoms with Gasteiger partial charge >= 0.3 is 0 Å². The summed E-state index contributed by atoms with van der Waals surface area (Å²) in [6.45, 7) is 10.5. The van der Waals surface area contributed by atoms with Crippen LogP contribution in [0, 0.1) is 13.8 Å². The number of anilines is 1. The Balaban J connectivity index is 1.79. The number of hydrogen-bond acceptors (Lipinski definition) is 3. The third-order valence-corrected chi connectivity index (χ3v) is 6.27. The van der Waals surface area contributed by atoms with Gasteiger partial charge in [-0.05, 0) is 61.9 Å². The highest BCUT2D eigenvalue weighted by Crippen LogP contribution is 2.30. The third-order valence-electron chi connectivity index (χ3n) is 5.25. The number of pyridine rings is 1. The monoisotopic (exact) mass is 392 g/mol. The number of nitrogens with one attached hydrogen (secondary N) is 1. The number of thioether (sulfide) groups is 1. The Labute approximate surface area is 172 Å². The molecule has 28 heavy (non-hydrogen) atoms. The van der Waals surface area contributed by atoms with Crippen molar-refractivity contribution in [1.82, 2.24) is 4.98 Å². The van der Waals surface area contributed by atoms with Crippen LogP contribution in [0.3, 0.4) is 0 Å². The van der Waals surface area contributed by atoms with Gasteiger partial charge in [0.1, 0.15) is 0 Å². The Morgan fingerprint density at radius 1 is 1.07 bits per heavy atom. The van der Waals surface area contributed by atoms with Crippen molar-refractivity contribution in [3.05, 3.63) is 65.2 Å². The Morgan fingerprint density at radius 2 is 1.82 bits per heavy atom. The van der Waals surface area contributed by atoms with Crippen LogP contribution in [0.25, 0.3) is 10.9 Å². The first kappa shape index (κ1) is 20.4. The summed E-state index contributed by atoms with van der Waals surface area (Å²) in [5.41, 5.74) is 5.45. The van der Waals surface area contributed by atoms with Crippen LogP contribution < -0.4 is 5.32 Å². The van der Waals surface area contributed by atoms with E-state index in [1.807, 2.05) is 25.1 Å². The molecule has 2 atom stereocenters. The Morgan fingerprint density at radius 3 is 2.57 bits per heavy atom. The van der Waals surface area contributed by atoms with Gasteiger partial charge in [0, 0.05) is 11.1 Å². The van der Waals surface area contributed by atoms with Gasteiger partial charge in [0.15, 0.2) is 0 Å². The Hall–Kier alpha value is -2.33. The molecule has 0 saturated carbocycles. The third kappa shape index (κ3) is 4.39. The molecule has 1 amide bonds. The summed E-state index contributed by atoms with van der Waals surface area (Å²) in [5, 5.41) is 4.94. The van der Waals surface area contributed by atoms with Crippen LogP contribution in [-0.2, 0) is 4.79 Å².